The molecule has 2 heterocycles. The summed E-state index contributed by atoms with van der Waals surface area (Å²) in [5.41, 5.74) is 2.72. The molecule has 3 rings (SSSR count). The van der Waals surface area contributed by atoms with Crippen molar-refractivity contribution in [3.63, 3.8) is 0 Å². The van der Waals surface area contributed by atoms with E-state index in [0.29, 0.717) is 12.1 Å². The third-order valence-corrected chi connectivity index (χ3v) is 3.19. The van der Waals surface area contributed by atoms with Gasteiger partial charge in [0.15, 0.2) is 0 Å². The lowest BCUT2D eigenvalue weighted by Gasteiger charge is -2.05. The largest absolute Gasteiger partial charge is 0.490 e. The SMILES string of the molecule is C[C@@H]1Cc2cc(C(=O)NCc3ccoc3)ccc2O1. The van der Waals surface area contributed by atoms with Gasteiger partial charge in [-0.05, 0) is 36.8 Å². The highest BCUT2D eigenvalue weighted by molar-refractivity contribution is 5.94. The van der Waals surface area contributed by atoms with Gasteiger partial charge in [-0.1, -0.05) is 0 Å². The maximum atomic E-state index is 12.0. The molecule has 0 spiro atoms. The highest BCUT2D eigenvalue weighted by Gasteiger charge is 2.20. The summed E-state index contributed by atoms with van der Waals surface area (Å²) in [6.07, 6.45) is 4.27. The van der Waals surface area contributed by atoms with Crippen molar-refractivity contribution in [1.29, 1.82) is 0 Å². The van der Waals surface area contributed by atoms with E-state index in [1.54, 1.807) is 18.6 Å². The van der Waals surface area contributed by atoms with E-state index in [1.807, 2.05) is 25.1 Å². The third kappa shape index (κ3) is 2.47. The van der Waals surface area contributed by atoms with Crippen LogP contribution in [0.25, 0.3) is 0 Å². The second-order valence-corrected chi connectivity index (χ2v) is 4.77. The Bertz CT molecular complexity index is 589. The van der Waals surface area contributed by atoms with E-state index in [2.05, 4.69) is 5.32 Å². The summed E-state index contributed by atoms with van der Waals surface area (Å²) >= 11 is 0. The van der Waals surface area contributed by atoms with Gasteiger partial charge < -0.3 is 14.5 Å². The third-order valence-electron chi connectivity index (χ3n) is 3.19. The monoisotopic (exact) mass is 257 g/mol. The Hall–Kier alpha value is -2.23. The molecular formula is C15H15NO3. The van der Waals surface area contributed by atoms with Gasteiger partial charge in [0.1, 0.15) is 11.9 Å². The molecule has 1 aliphatic rings. The smallest absolute Gasteiger partial charge is 0.251 e. The molecule has 1 aromatic carbocycles. The number of carbonyl (C=O) groups excluding carboxylic acids is 1. The second-order valence-electron chi connectivity index (χ2n) is 4.77. The number of fused-ring (bicyclic) bond motifs is 1. The van der Waals surface area contributed by atoms with Gasteiger partial charge in [-0.15, -0.1) is 0 Å². The van der Waals surface area contributed by atoms with Crippen LogP contribution in [-0.2, 0) is 13.0 Å². The molecule has 1 amide bonds. The van der Waals surface area contributed by atoms with Gasteiger partial charge >= 0.3 is 0 Å². The van der Waals surface area contributed by atoms with Crippen molar-refractivity contribution in [2.75, 3.05) is 0 Å². The number of furan rings is 1. The second kappa shape index (κ2) is 4.80. The van der Waals surface area contributed by atoms with Crippen LogP contribution in [0.15, 0.2) is 41.2 Å². The minimum Gasteiger partial charge on any atom is -0.490 e. The van der Waals surface area contributed by atoms with Gasteiger partial charge in [0.2, 0.25) is 0 Å². The fourth-order valence-corrected chi connectivity index (χ4v) is 2.24. The van der Waals surface area contributed by atoms with E-state index < -0.39 is 0 Å². The van der Waals surface area contributed by atoms with Crippen molar-refractivity contribution < 1.29 is 13.9 Å². The van der Waals surface area contributed by atoms with Crippen LogP contribution in [0.1, 0.15) is 28.4 Å². The Balaban J connectivity index is 1.69. The highest BCUT2D eigenvalue weighted by atomic mass is 16.5. The molecule has 1 N–H and O–H groups in total. The first-order chi connectivity index (χ1) is 9.22. The molecule has 1 aromatic heterocycles. The Morgan fingerprint density at radius 3 is 3.11 bits per heavy atom. The number of hydrogen-bond acceptors (Lipinski definition) is 3. The Kier molecular flexibility index (Phi) is 2.99. The molecule has 0 saturated heterocycles. The minimum atomic E-state index is -0.0800. The number of rotatable bonds is 3. The summed E-state index contributed by atoms with van der Waals surface area (Å²) in [7, 11) is 0. The number of ether oxygens (including phenoxy) is 1. The standard InChI is InChI=1S/C15H15NO3/c1-10-6-13-7-12(2-3-14(13)19-10)15(17)16-8-11-4-5-18-9-11/h2-5,7,9-10H,6,8H2,1H3,(H,16,17)/t10-/m1/s1. The zero-order valence-electron chi connectivity index (χ0n) is 10.7. The lowest BCUT2D eigenvalue weighted by atomic mass is 10.1. The molecule has 4 heteroatoms. The van der Waals surface area contributed by atoms with Gasteiger partial charge in [-0.2, -0.15) is 0 Å². The topological polar surface area (TPSA) is 51.5 Å². The van der Waals surface area contributed by atoms with Crippen LogP contribution < -0.4 is 10.1 Å². The molecular weight excluding hydrogens is 242 g/mol. The fourth-order valence-electron chi connectivity index (χ4n) is 2.24. The molecule has 0 aliphatic carbocycles. The molecule has 0 saturated carbocycles. The summed E-state index contributed by atoms with van der Waals surface area (Å²) in [5, 5.41) is 2.86. The van der Waals surface area contributed by atoms with E-state index in [-0.39, 0.29) is 12.0 Å². The zero-order chi connectivity index (χ0) is 13.2. The van der Waals surface area contributed by atoms with E-state index in [0.717, 1.165) is 23.3 Å². The van der Waals surface area contributed by atoms with Crippen molar-refractivity contribution >= 4 is 5.91 Å². The molecule has 0 unspecified atom stereocenters. The minimum absolute atomic E-state index is 0.0800. The van der Waals surface area contributed by atoms with Crippen LogP contribution in [0.5, 0.6) is 5.75 Å². The van der Waals surface area contributed by atoms with E-state index in [4.69, 9.17) is 9.15 Å². The highest BCUT2D eigenvalue weighted by Crippen LogP contribution is 2.29. The quantitative estimate of drug-likeness (QED) is 0.919. The number of amides is 1. The first-order valence-corrected chi connectivity index (χ1v) is 6.31. The Labute approximate surface area is 111 Å². The zero-order valence-corrected chi connectivity index (χ0v) is 10.7. The Morgan fingerprint density at radius 1 is 1.42 bits per heavy atom. The van der Waals surface area contributed by atoms with Crippen molar-refractivity contribution in [2.45, 2.75) is 26.0 Å². The average molecular weight is 257 g/mol. The lowest BCUT2D eigenvalue weighted by Crippen LogP contribution is -2.22. The summed E-state index contributed by atoms with van der Waals surface area (Å²) < 4.78 is 10.6. The normalized spacial score (nSPS) is 16.8. The first kappa shape index (κ1) is 11.8. The van der Waals surface area contributed by atoms with Crippen LogP contribution in [0.2, 0.25) is 0 Å². The van der Waals surface area contributed by atoms with Crippen molar-refractivity contribution in [1.82, 2.24) is 5.32 Å². The molecule has 0 radical (unpaired) electrons. The van der Waals surface area contributed by atoms with E-state index in [1.165, 1.54) is 0 Å². The summed E-state index contributed by atoms with van der Waals surface area (Å²) in [6, 6.07) is 7.40. The maximum absolute atomic E-state index is 12.0. The van der Waals surface area contributed by atoms with E-state index >= 15 is 0 Å². The molecule has 4 nitrogen and oxygen atoms in total. The molecule has 0 bridgehead atoms. The van der Waals surface area contributed by atoms with Crippen LogP contribution in [0, 0.1) is 0 Å². The summed E-state index contributed by atoms with van der Waals surface area (Å²) in [5.74, 6) is 0.808. The van der Waals surface area contributed by atoms with Gasteiger partial charge in [0, 0.05) is 24.1 Å². The molecule has 98 valence electrons. The van der Waals surface area contributed by atoms with Crippen LogP contribution in [0.3, 0.4) is 0 Å². The first-order valence-electron chi connectivity index (χ1n) is 6.31. The van der Waals surface area contributed by atoms with Crippen molar-refractivity contribution in [3.8, 4) is 5.75 Å². The lowest BCUT2D eigenvalue weighted by molar-refractivity contribution is 0.0951. The van der Waals surface area contributed by atoms with Crippen LogP contribution in [0.4, 0.5) is 0 Å². The van der Waals surface area contributed by atoms with E-state index in [9.17, 15) is 4.79 Å². The molecule has 1 aliphatic heterocycles. The number of benzene rings is 1. The predicted molar refractivity (Wildman–Crippen MR) is 70.1 cm³/mol. The Morgan fingerprint density at radius 2 is 2.32 bits per heavy atom. The molecule has 0 fully saturated rings. The van der Waals surface area contributed by atoms with Crippen molar-refractivity contribution in [3.05, 3.63) is 53.5 Å². The van der Waals surface area contributed by atoms with Gasteiger partial charge in [0.05, 0.1) is 12.5 Å². The molecule has 2 aromatic rings. The van der Waals surface area contributed by atoms with Crippen LogP contribution in [-0.4, -0.2) is 12.0 Å². The molecule has 1 atom stereocenters. The van der Waals surface area contributed by atoms with Crippen LogP contribution >= 0.6 is 0 Å². The van der Waals surface area contributed by atoms with Gasteiger partial charge in [0.25, 0.3) is 5.91 Å². The predicted octanol–water partition coefficient (Wildman–Crippen LogP) is 2.53. The van der Waals surface area contributed by atoms with Gasteiger partial charge in [-0.3, -0.25) is 4.79 Å². The maximum Gasteiger partial charge on any atom is 0.251 e. The van der Waals surface area contributed by atoms with Crippen molar-refractivity contribution in [2.24, 2.45) is 0 Å². The van der Waals surface area contributed by atoms with Gasteiger partial charge in [-0.25, -0.2) is 0 Å². The number of hydrogen-bond donors (Lipinski definition) is 1. The summed E-state index contributed by atoms with van der Waals surface area (Å²) in [4.78, 5) is 12.0. The summed E-state index contributed by atoms with van der Waals surface area (Å²) in [6.45, 7) is 2.50. The molecule has 19 heavy (non-hydrogen) atoms. The number of carbonyl (C=O) groups is 1. The average Bonchev–Trinajstić information content (AvgIpc) is 3.02. The fraction of sp³-hybridized carbons (Fsp3) is 0.267. The number of nitrogens with one attached hydrogen (secondary N) is 1.